The highest BCUT2D eigenvalue weighted by Gasteiger charge is 2.17. The van der Waals surface area contributed by atoms with Gasteiger partial charge in [-0.1, -0.05) is 11.6 Å². The van der Waals surface area contributed by atoms with Crippen LogP contribution in [0.4, 0.5) is 11.4 Å². The lowest BCUT2D eigenvalue weighted by Gasteiger charge is -2.11. The summed E-state index contributed by atoms with van der Waals surface area (Å²) >= 11 is 5.89. The number of amides is 1. The first-order chi connectivity index (χ1) is 12.8. The monoisotopic (exact) mass is 394 g/mol. The molecule has 9 nitrogen and oxygen atoms in total. The van der Waals surface area contributed by atoms with Crippen LogP contribution in [-0.2, 0) is 9.53 Å². The second-order valence-electron chi connectivity index (χ2n) is 5.11. The predicted molar refractivity (Wildman–Crippen MR) is 96.6 cm³/mol. The van der Waals surface area contributed by atoms with Crippen molar-refractivity contribution >= 4 is 34.9 Å². The third-order valence-electron chi connectivity index (χ3n) is 3.40. The molecule has 0 spiro atoms. The van der Waals surface area contributed by atoms with Crippen molar-refractivity contribution in [2.75, 3.05) is 26.1 Å². The Morgan fingerprint density at radius 2 is 1.89 bits per heavy atom. The summed E-state index contributed by atoms with van der Waals surface area (Å²) in [6, 6.07) is 8.09. The van der Waals surface area contributed by atoms with Crippen molar-refractivity contribution in [2.24, 2.45) is 0 Å². The Morgan fingerprint density at radius 1 is 1.15 bits per heavy atom. The molecular weight excluding hydrogens is 380 g/mol. The van der Waals surface area contributed by atoms with Crippen molar-refractivity contribution in [1.82, 2.24) is 0 Å². The number of nitrogens with one attached hydrogen (secondary N) is 1. The summed E-state index contributed by atoms with van der Waals surface area (Å²) in [5.74, 6) is -0.696. The largest absolute Gasteiger partial charge is 0.497 e. The van der Waals surface area contributed by atoms with Crippen molar-refractivity contribution in [3.8, 4) is 11.5 Å². The first-order valence-electron chi connectivity index (χ1n) is 7.48. The van der Waals surface area contributed by atoms with Gasteiger partial charge in [-0.2, -0.15) is 0 Å². The third kappa shape index (κ3) is 5.08. The Labute approximate surface area is 158 Å². The van der Waals surface area contributed by atoms with Crippen LogP contribution in [0.5, 0.6) is 11.5 Å². The number of non-ortho nitro benzene ring substituents is 1. The van der Waals surface area contributed by atoms with E-state index >= 15 is 0 Å². The van der Waals surface area contributed by atoms with Gasteiger partial charge in [0.05, 0.1) is 29.9 Å². The molecule has 1 amide bonds. The minimum absolute atomic E-state index is 0.0132. The van der Waals surface area contributed by atoms with Gasteiger partial charge >= 0.3 is 5.97 Å². The van der Waals surface area contributed by atoms with E-state index in [2.05, 4.69) is 5.32 Å². The summed E-state index contributed by atoms with van der Waals surface area (Å²) in [6.07, 6.45) is 0. The number of esters is 1. The van der Waals surface area contributed by atoms with Crippen LogP contribution < -0.4 is 14.8 Å². The highest BCUT2D eigenvalue weighted by atomic mass is 35.5. The van der Waals surface area contributed by atoms with E-state index in [0.29, 0.717) is 5.75 Å². The van der Waals surface area contributed by atoms with Crippen LogP contribution in [0.15, 0.2) is 36.4 Å². The number of hydrogen-bond acceptors (Lipinski definition) is 7. The predicted octanol–water partition coefficient (Wildman–Crippen LogP) is 3.06. The molecule has 0 unspecified atom stereocenters. The highest BCUT2D eigenvalue weighted by Crippen LogP contribution is 2.27. The number of benzene rings is 2. The molecule has 0 saturated carbocycles. The van der Waals surface area contributed by atoms with Crippen LogP contribution in [0.1, 0.15) is 10.4 Å². The number of ether oxygens (including phenoxy) is 3. The van der Waals surface area contributed by atoms with Crippen molar-refractivity contribution in [3.63, 3.8) is 0 Å². The highest BCUT2D eigenvalue weighted by molar-refractivity contribution is 6.34. The van der Waals surface area contributed by atoms with Crippen LogP contribution in [0.25, 0.3) is 0 Å². The summed E-state index contributed by atoms with van der Waals surface area (Å²) in [4.78, 5) is 34.2. The number of carbonyl (C=O) groups is 2. The number of hydrogen-bond donors (Lipinski definition) is 1. The van der Waals surface area contributed by atoms with Gasteiger partial charge in [-0.05, 0) is 18.2 Å². The van der Waals surface area contributed by atoms with Gasteiger partial charge in [0.2, 0.25) is 0 Å². The molecule has 1 N–H and O–H groups in total. The van der Waals surface area contributed by atoms with Crippen molar-refractivity contribution in [3.05, 3.63) is 57.1 Å². The van der Waals surface area contributed by atoms with E-state index in [9.17, 15) is 19.7 Å². The Hall–Kier alpha value is -3.33. The lowest BCUT2D eigenvalue weighted by molar-refractivity contribution is -0.384. The smallest absolute Gasteiger partial charge is 0.342 e. The average molecular weight is 395 g/mol. The average Bonchev–Trinajstić information content (AvgIpc) is 2.66. The fourth-order valence-corrected chi connectivity index (χ4v) is 2.30. The molecule has 27 heavy (non-hydrogen) atoms. The zero-order valence-corrected chi connectivity index (χ0v) is 15.1. The minimum atomic E-state index is -0.764. The van der Waals surface area contributed by atoms with Gasteiger partial charge in [0, 0.05) is 18.2 Å². The van der Waals surface area contributed by atoms with E-state index in [1.54, 1.807) is 6.07 Å². The van der Waals surface area contributed by atoms with Crippen LogP contribution in [-0.4, -0.2) is 37.6 Å². The van der Waals surface area contributed by atoms with Gasteiger partial charge in [0.15, 0.2) is 6.61 Å². The summed E-state index contributed by atoms with van der Waals surface area (Å²) in [7, 11) is 2.86. The zero-order valence-electron chi connectivity index (χ0n) is 14.4. The van der Waals surface area contributed by atoms with Crippen LogP contribution in [0.2, 0.25) is 5.02 Å². The van der Waals surface area contributed by atoms with Gasteiger partial charge in [-0.25, -0.2) is 4.79 Å². The summed E-state index contributed by atoms with van der Waals surface area (Å²) in [5, 5.41) is 13.1. The first-order valence-corrected chi connectivity index (χ1v) is 7.86. The molecule has 0 heterocycles. The topological polar surface area (TPSA) is 117 Å². The van der Waals surface area contributed by atoms with E-state index in [1.807, 2.05) is 0 Å². The molecule has 0 radical (unpaired) electrons. The number of carbonyl (C=O) groups excluding carboxylic acids is 2. The number of rotatable bonds is 7. The third-order valence-corrected chi connectivity index (χ3v) is 3.71. The summed E-state index contributed by atoms with van der Waals surface area (Å²) in [5.41, 5.74) is 0.0702. The number of methoxy groups -OCH3 is 2. The van der Waals surface area contributed by atoms with Crippen molar-refractivity contribution in [1.29, 1.82) is 0 Å². The number of nitro benzene ring substituents is 1. The maximum atomic E-state index is 12.1. The second kappa shape index (κ2) is 8.86. The van der Waals surface area contributed by atoms with Gasteiger partial charge in [-0.15, -0.1) is 0 Å². The summed E-state index contributed by atoms with van der Waals surface area (Å²) in [6.45, 7) is -0.582. The van der Waals surface area contributed by atoms with E-state index in [0.717, 1.165) is 6.07 Å². The van der Waals surface area contributed by atoms with Crippen molar-refractivity contribution in [2.45, 2.75) is 0 Å². The number of anilines is 1. The Bertz CT molecular complexity index is 886. The fourth-order valence-electron chi connectivity index (χ4n) is 2.08. The lowest BCUT2D eigenvalue weighted by atomic mass is 10.2. The fraction of sp³-hybridized carbons (Fsp3) is 0.176. The Balaban J connectivity index is 1.99. The molecule has 0 fully saturated rings. The quantitative estimate of drug-likeness (QED) is 0.435. The number of halogens is 1. The minimum Gasteiger partial charge on any atom is -0.497 e. The normalized spacial score (nSPS) is 10.0. The molecule has 2 aromatic carbocycles. The molecule has 0 atom stereocenters. The maximum Gasteiger partial charge on any atom is 0.342 e. The Kier molecular flexibility index (Phi) is 6.56. The van der Waals surface area contributed by atoms with Gasteiger partial charge in [0.1, 0.15) is 17.1 Å². The van der Waals surface area contributed by atoms with E-state index < -0.39 is 23.4 Å². The second-order valence-corrected chi connectivity index (χ2v) is 5.52. The Morgan fingerprint density at radius 3 is 2.48 bits per heavy atom. The van der Waals surface area contributed by atoms with E-state index in [4.69, 9.17) is 25.8 Å². The van der Waals surface area contributed by atoms with Gasteiger partial charge in [-0.3, -0.25) is 14.9 Å². The molecule has 0 saturated heterocycles. The summed E-state index contributed by atoms with van der Waals surface area (Å²) < 4.78 is 15.1. The number of nitro groups is 1. The SMILES string of the molecule is COc1ccc(C(=O)OCC(=O)Nc2ccc([N+](=O)[O-])cc2Cl)c(OC)c1. The lowest BCUT2D eigenvalue weighted by Crippen LogP contribution is -2.21. The molecule has 0 bridgehead atoms. The molecule has 0 aromatic heterocycles. The van der Waals surface area contributed by atoms with Gasteiger partial charge < -0.3 is 19.5 Å². The van der Waals surface area contributed by atoms with Crippen LogP contribution >= 0.6 is 11.6 Å². The van der Waals surface area contributed by atoms with Crippen LogP contribution in [0.3, 0.4) is 0 Å². The maximum absolute atomic E-state index is 12.1. The van der Waals surface area contributed by atoms with E-state index in [1.165, 1.54) is 38.5 Å². The van der Waals surface area contributed by atoms with E-state index in [-0.39, 0.29) is 27.7 Å². The molecule has 10 heteroatoms. The van der Waals surface area contributed by atoms with Crippen molar-refractivity contribution < 1.29 is 28.7 Å². The van der Waals surface area contributed by atoms with Crippen LogP contribution in [0, 0.1) is 10.1 Å². The molecular formula is C17H15ClN2O7. The molecule has 142 valence electrons. The molecule has 0 aliphatic rings. The molecule has 2 aromatic rings. The first kappa shape index (κ1) is 20.0. The molecule has 0 aliphatic carbocycles. The number of nitrogens with zero attached hydrogens (tertiary/aromatic N) is 1. The van der Waals surface area contributed by atoms with Gasteiger partial charge in [0.25, 0.3) is 11.6 Å². The molecule has 2 rings (SSSR count). The molecule has 0 aliphatic heterocycles. The zero-order chi connectivity index (χ0) is 20.0. The standard InChI is InChI=1S/C17H15ClN2O7/c1-25-11-4-5-12(15(8-11)26-2)17(22)27-9-16(21)19-14-6-3-10(20(23)24)7-13(14)18/h3-8H,9H2,1-2H3,(H,19,21).